The molecular weight excluding hydrogens is 234 g/mol. The van der Waals surface area contributed by atoms with Crippen molar-refractivity contribution in [2.75, 3.05) is 0 Å². The Balaban J connectivity index is 2.44. The van der Waals surface area contributed by atoms with Crippen molar-refractivity contribution in [3.63, 3.8) is 0 Å². The minimum absolute atomic E-state index is 0.0435. The van der Waals surface area contributed by atoms with Gasteiger partial charge < -0.3 is 5.11 Å². The first-order valence-corrected chi connectivity index (χ1v) is 6.28. The molecule has 0 amide bonds. The number of benzene rings is 1. The van der Waals surface area contributed by atoms with E-state index in [2.05, 4.69) is 4.98 Å². The topological polar surface area (TPSA) is 50.2 Å². The lowest BCUT2D eigenvalue weighted by molar-refractivity contribution is -0.136. The number of aromatic nitrogens is 1. The first kappa shape index (κ1) is 11.8. The van der Waals surface area contributed by atoms with Gasteiger partial charge in [-0.3, -0.25) is 4.79 Å². The predicted octanol–water partition coefficient (Wildman–Crippen LogP) is 3.00. The van der Waals surface area contributed by atoms with Crippen LogP contribution in [0.1, 0.15) is 16.8 Å². The van der Waals surface area contributed by atoms with Gasteiger partial charge in [0.2, 0.25) is 0 Å². The second kappa shape index (κ2) is 5.10. The Hall–Kier alpha value is -1.68. The summed E-state index contributed by atoms with van der Waals surface area (Å²) in [5.74, 6) is -0.812. The Morgan fingerprint density at radius 3 is 2.65 bits per heavy atom. The van der Waals surface area contributed by atoms with Gasteiger partial charge in [0.15, 0.2) is 0 Å². The molecule has 17 heavy (non-hydrogen) atoms. The second-order valence-electron chi connectivity index (χ2n) is 3.67. The molecule has 0 aliphatic rings. The Morgan fingerprint density at radius 2 is 2.06 bits per heavy atom. The van der Waals surface area contributed by atoms with E-state index in [0.717, 1.165) is 27.6 Å². The van der Waals surface area contributed by atoms with Crippen LogP contribution in [0, 0.1) is 0 Å². The standard InChI is InChI=1S/C13H13NO2S/c1-2-11-14-13(9-6-4-3-5-7-9)10(17-11)8-12(15)16/h3-7H,2,8H2,1H3,(H,15,16). The largest absolute Gasteiger partial charge is 0.481 e. The third-order valence-electron chi connectivity index (χ3n) is 2.40. The second-order valence-corrected chi connectivity index (χ2v) is 4.84. The zero-order valence-corrected chi connectivity index (χ0v) is 10.3. The van der Waals surface area contributed by atoms with E-state index in [1.807, 2.05) is 37.3 Å². The van der Waals surface area contributed by atoms with Crippen molar-refractivity contribution in [1.82, 2.24) is 4.98 Å². The van der Waals surface area contributed by atoms with Crippen LogP contribution < -0.4 is 0 Å². The van der Waals surface area contributed by atoms with Gasteiger partial charge in [0.05, 0.1) is 17.1 Å². The van der Waals surface area contributed by atoms with Crippen molar-refractivity contribution >= 4 is 17.3 Å². The number of carbonyl (C=O) groups is 1. The zero-order chi connectivity index (χ0) is 12.3. The van der Waals surface area contributed by atoms with Crippen LogP contribution >= 0.6 is 11.3 Å². The first-order chi connectivity index (χ1) is 8.20. The molecule has 0 radical (unpaired) electrons. The van der Waals surface area contributed by atoms with Gasteiger partial charge in [-0.25, -0.2) is 4.98 Å². The molecule has 0 saturated heterocycles. The monoisotopic (exact) mass is 247 g/mol. The average Bonchev–Trinajstić information content (AvgIpc) is 2.72. The Kier molecular flexibility index (Phi) is 3.54. The van der Waals surface area contributed by atoms with E-state index in [4.69, 9.17) is 5.11 Å². The molecule has 0 aliphatic heterocycles. The number of carboxylic acid groups (broad SMARTS) is 1. The number of hydrogen-bond donors (Lipinski definition) is 1. The number of aryl methyl sites for hydroxylation is 1. The van der Waals surface area contributed by atoms with Crippen molar-refractivity contribution < 1.29 is 9.90 Å². The molecule has 0 fully saturated rings. The highest BCUT2D eigenvalue weighted by Crippen LogP contribution is 2.28. The van der Waals surface area contributed by atoms with Crippen LogP contribution in [-0.2, 0) is 17.6 Å². The molecule has 0 unspecified atom stereocenters. The fourth-order valence-corrected chi connectivity index (χ4v) is 2.65. The van der Waals surface area contributed by atoms with E-state index < -0.39 is 5.97 Å². The molecule has 3 nitrogen and oxygen atoms in total. The molecule has 0 bridgehead atoms. The molecule has 1 aromatic heterocycles. The van der Waals surface area contributed by atoms with Crippen LogP contribution in [0.25, 0.3) is 11.3 Å². The van der Waals surface area contributed by atoms with E-state index in [0.29, 0.717) is 0 Å². The Bertz CT molecular complexity index is 519. The van der Waals surface area contributed by atoms with Crippen LogP contribution in [0.5, 0.6) is 0 Å². The molecule has 4 heteroatoms. The summed E-state index contributed by atoms with van der Waals surface area (Å²) in [7, 11) is 0. The maximum atomic E-state index is 10.8. The third-order valence-corrected chi connectivity index (χ3v) is 3.60. The van der Waals surface area contributed by atoms with E-state index in [9.17, 15) is 4.79 Å². The average molecular weight is 247 g/mol. The van der Waals surface area contributed by atoms with Crippen LogP contribution in [0.15, 0.2) is 30.3 Å². The van der Waals surface area contributed by atoms with Gasteiger partial charge in [-0.1, -0.05) is 37.3 Å². The van der Waals surface area contributed by atoms with Crippen molar-refractivity contribution in [2.24, 2.45) is 0 Å². The fourth-order valence-electron chi connectivity index (χ4n) is 1.63. The summed E-state index contributed by atoms with van der Waals surface area (Å²) in [5.41, 5.74) is 1.80. The third kappa shape index (κ3) is 2.71. The highest BCUT2D eigenvalue weighted by atomic mass is 32.1. The molecule has 1 heterocycles. The molecule has 0 atom stereocenters. The fraction of sp³-hybridized carbons (Fsp3) is 0.231. The summed E-state index contributed by atoms with van der Waals surface area (Å²) >= 11 is 1.49. The van der Waals surface area contributed by atoms with E-state index >= 15 is 0 Å². The summed E-state index contributed by atoms with van der Waals surface area (Å²) in [5, 5.41) is 9.89. The maximum absolute atomic E-state index is 10.8. The van der Waals surface area contributed by atoms with Crippen LogP contribution in [0.3, 0.4) is 0 Å². The molecule has 1 N–H and O–H groups in total. The molecule has 1 aromatic carbocycles. The number of carboxylic acids is 1. The van der Waals surface area contributed by atoms with Gasteiger partial charge in [0.1, 0.15) is 0 Å². The van der Waals surface area contributed by atoms with Crippen molar-refractivity contribution in [1.29, 1.82) is 0 Å². The van der Waals surface area contributed by atoms with Crippen molar-refractivity contribution in [2.45, 2.75) is 19.8 Å². The molecule has 2 aromatic rings. The first-order valence-electron chi connectivity index (χ1n) is 5.46. The van der Waals surface area contributed by atoms with Crippen LogP contribution in [0.2, 0.25) is 0 Å². The summed E-state index contributed by atoms with van der Waals surface area (Å²) in [6, 6.07) is 9.73. The van der Waals surface area contributed by atoms with E-state index in [1.54, 1.807) is 0 Å². The molecule has 2 rings (SSSR count). The normalized spacial score (nSPS) is 10.4. The quantitative estimate of drug-likeness (QED) is 0.903. The van der Waals surface area contributed by atoms with Gasteiger partial charge in [0, 0.05) is 10.4 Å². The smallest absolute Gasteiger partial charge is 0.308 e. The van der Waals surface area contributed by atoms with Crippen LogP contribution in [-0.4, -0.2) is 16.1 Å². The van der Waals surface area contributed by atoms with Crippen molar-refractivity contribution in [3.8, 4) is 11.3 Å². The number of hydrogen-bond acceptors (Lipinski definition) is 3. The molecule has 88 valence electrons. The van der Waals surface area contributed by atoms with Gasteiger partial charge in [-0.05, 0) is 6.42 Å². The summed E-state index contributed by atoms with van der Waals surface area (Å²) < 4.78 is 0. The Labute approximate surface area is 104 Å². The zero-order valence-electron chi connectivity index (χ0n) is 9.51. The van der Waals surface area contributed by atoms with Crippen LogP contribution in [0.4, 0.5) is 0 Å². The highest BCUT2D eigenvalue weighted by molar-refractivity contribution is 7.12. The molecular formula is C13H13NO2S. The summed E-state index contributed by atoms with van der Waals surface area (Å²) in [6.07, 6.45) is 0.881. The molecule has 0 saturated carbocycles. The minimum Gasteiger partial charge on any atom is -0.481 e. The molecule has 0 spiro atoms. The summed E-state index contributed by atoms with van der Waals surface area (Å²) in [4.78, 5) is 16.2. The van der Waals surface area contributed by atoms with E-state index in [1.165, 1.54) is 11.3 Å². The lowest BCUT2D eigenvalue weighted by Gasteiger charge is -1.99. The number of aliphatic carboxylic acids is 1. The summed E-state index contributed by atoms with van der Waals surface area (Å²) in [6.45, 7) is 2.03. The lowest BCUT2D eigenvalue weighted by atomic mass is 10.1. The van der Waals surface area contributed by atoms with Crippen molar-refractivity contribution in [3.05, 3.63) is 40.2 Å². The number of rotatable bonds is 4. The van der Waals surface area contributed by atoms with E-state index in [-0.39, 0.29) is 6.42 Å². The van der Waals surface area contributed by atoms with Gasteiger partial charge in [-0.15, -0.1) is 11.3 Å². The van der Waals surface area contributed by atoms with Gasteiger partial charge in [-0.2, -0.15) is 0 Å². The predicted molar refractivity (Wildman–Crippen MR) is 68.3 cm³/mol. The number of thiazole rings is 1. The lowest BCUT2D eigenvalue weighted by Crippen LogP contribution is -1.99. The number of nitrogens with zero attached hydrogens (tertiary/aromatic N) is 1. The highest BCUT2D eigenvalue weighted by Gasteiger charge is 2.14. The van der Waals surface area contributed by atoms with Gasteiger partial charge >= 0.3 is 5.97 Å². The van der Waals surface area contributed by atoms with Gasteiger partial charge in [0.25, 0.3) is 0 Å². The maximum Gasteiger partial charge on any atom is 0.308 e. The minimum atomic E-state index is -0.812. The Morgan fingerprint density at radius 1 is 1.35 bits per heavy atom. The molecule has 0 aliphatic carbocycles. The SMILES string of the molecule is CCc1nc(-c2ccccc2)c(CC(=O)O)s1.